The molecule has 2 aromatic rings. The van der Waals surface area contributed by atoms with Crippen LogP contribution in [0, 0.1) is 0 Å². The maximum Gasteiger partial charge on any atom is 0.225 e. The lowest BCUT2D eigenvalue weighted by Gasteiger charge is -2.28. The van der Waals surface area contributed by atoms with Gasteiger partial charge in [-0.2, -0.15) is 0 Å². The van der Waals surface area contributed by atoms with Crippen molar-refractivity contribution in [2.75, 3.05) is 19.8 Å². The first kappa shape index (κ1) is 15.5. The molecule has 118 valence electrons. The van der Waals surface area contributed by atoms with Gasteiger partial charge in [0, 0.05) is 41.4 Å². The molecule has 1 aliphatic rings. The lowest BCUT2D eigenvalue weighted by molar-refractivity contribution is -0.133. The van der Waals surface area contributed by atoms with Crippen molar-refractivity contribution in [3.05, 3.63) is 28.5 Å². The van der Waals surface area contributed by atoms with Crippen LogP contribution < -0.4 is 0 Å². The van der Waals surface area contributed by atoms with Crippen molar-refractivity contribution in [3.8, 4) is 0 Å². The van der Waals surface area contributed by atoms with Crippen molar-refractivity contribution in [1.82, 2.24) is 14.5 Å². The summed E-state index contributed by atoms with van der Waals surface area (Å²) in [5, 5.41) is 1.12. The number of carbonyl (C=O) groups excluding carboxylic acids is 1. The predicted molar refractivity (Wildman–Crippen MR) is 88.6 cm³/mol. The van der Waals surface area contributed by atoms with Gasteiger partial charge in [-0.25, -0.2) is 4.98 Å². The topological polar surface area (TPSA) is 47.4 Å². The summed E-state index contributed by atoms with van der Waals surface area (Å²) in [4.78, 5) is 18.7. The number of aromatic nitrogens is 2. The standard InChI is InChI=1S/C16H20BrN3O2/c1-2-6-22-7-3-15(21)19-4-5-20-14(11-19)9-12-8-13(17)10-18-16(12)20/h8-10H,2-7,11H2,1H3. The van der Waals surface area contributed by atoms with Gasteiger partial charge >= 0.3 is 0 Å². The van der Waals surface area contributed by atoms with Gasteiger partial charge in [0.2, 0.25) is 5.91 Å². The van der Waals surface area contributed by atoms with Gasteiger partial charge in [0.05, 0.1) is 19.6 Å². The smallest absolute Gasteiger partial charge is 0.225 e. The lowest BCUT2D eigenvalue weighted by atomic mass is 10.2. The summed E-state index contributed by atoms with van der Waals surface area (Å²) < 4.78 is 8.59. The summed E-state index contributed by atoms with van der Waals surface area (Å²) in [7, 11) is 0. The quantitative estimate of drug-likeness (QED) is 0.765. The van der Waals surface area contributed by atoms with Crippen LogP contribution in [0.2, 0.25) is 0 Å². The average Bonchev–Trinajstić information content (AvgIpc) is 2.87. The van der Waals surface area contributed by atoms with E-state index in [0.29, 0.717) is 19.6 Å². The minimum absolute atomic E-state index is 0.168. The molecule has 0 aromatic carbocycles. The van der Waals surface area contributed by atoms with Crippen molar-refractivity contribution in [3.63, 3.8) is 0 Å². The number of amides is 1. The van der Waals surface area contributed by atoms with Crippen LogP contribution in [0.5, 0.6) is 0 Å². The molecule has 0 N–H and O–H groups in total. The van der Waals surface area contributed by atoms with Crippen molar-refractivity contribution < 1.29 is 9.53 Å². The first-order valence-corrected chi connectivity index (χ1v) is 8.47. The number of nitrogens with zero attached hydrogens (tertiary/aromatic N) is 3. The Bertz CT molecular complexity index is 683. The van der Waals surface area contributed by atoms with Crippen LogP contribution in [0.4, 0.5) is 0 Å². The van der Waals surface area contributed by atoms with Crippen LogP contribution in [0.25, 0.3) is 11.0 Å². The minimum Gasteiger partial charge on any atom is -0.381 e. The molecule has 3 rings (SSSR count). The third kappa shape index (κ3) is 3.17. The van der Waals surface area contributed by atoms with E-state index in [0.717, 1.165) is 47.3 Å². The van der Waals surface area contributed by atoms with Gasteiger partial charge < -0.3 is 14.2 Å². The number of rotatable bonds is 5. The summed E-state index contributed by atoms with van der Waals surface area (Å²) in [6.07, 6.45) is 3.27. The molecule has 0 atom stereocenters. The number of fused-ring (bicyclic) bond motifs is 3. The molecule has 5 nitrogen and oxygen atoms in total. The zero-order chi connectivity index (χ0) is 15.5. The molecule has 0 saturated carbocycles. The Morgan fingerprint density at radius 2 is 2.23 bits per heavy atom. The molecule has 3 heterocycles. The highest BCUT2D eigenvalue weighted by molar-refractivity contribution is 9.10. The summed E-state index contributed by atoms with van der Waals surface area (Å²) in [5.41, 5.74) is 2.14. The number of halogens is 1. The highest BCUT2D eigenvalue weighted by Gasteiger charge is 2.22. The van der Waals surface area contributed by atoms with Gasteiger partial charge in [0.25, 0.3) is 0 Å². The molecule has 0 spiro atoms. The van der Waals surface area contributed by atoms with Crippen LogP contribution in [0.15, 0.2) is 22.8 Å². The zero-order valence-electron chi connectivity index (χ0n) is 12.7. The van der Waals surface area contributed by atoms with Gasteiger partial charge in [0.15, 0.2) is 0 Å². The van der Waals surface area contributed by atoms with Gasteiger partial charge in [-0.05, 0) is 34.5 Å². The third-order valence-corrected chi connectivity index (χ3v) is 4.33. The molecule has 1 amide bonds. The highest BCUT2D eigenvalue weighted by Crippen LogP contribution is 2.25. The molecular weight excluding hydrogens is 346 g/mol. The second-order valence-electron chi connectivity index (χ2n) is 5.53. The van der Waals surface area contributed by atoms with E-state index < -0.39 is 0 Å². The van der Waals surface area contributed by atoms with Crippen LogP contribution in [-0.4, -0.2) is 40.1 Å². The maximum absolute atomic E-state index is 12.3. The summed E-state index contributed by atoms with van der Waals surface area (Å²) in [6, 6.07) is 4.19. The number of pyridine rings is 1. The molecule has 6 heteroatoms. The molecule has 0 bridgehead atoms. The number of ether oxygens (including phenoxy) is 1. The summed E-state index contributed by atoms with van der Waals surface area (Å²) in [5.74, 6) is 0.168. The van der Waals surface area contributed by atoms with Gasteiger partial charge in [-0.1, -0.05) is 6.92 Å². The van der Waals surface area contributed by atoms with Crippen LogP contribution in [0.3, 0.4) is 0 Å². The maximum atomic E-state index is 12.3. The van der Waals surface area contributed by atoms with Crippen LogP contribution in [-0.2, 0) is 22.6 Å². The number of carbonyl (C=O) groups is 1. The molecule has 0 fully saturated rings. The van der Waals surface area contributed by atoms with Crippen LogP contribution >= 0.6 is 15.9 Å². The first-order chi connectivity index (χ1) is 10.7. The molecule has 0 radical (unpaired) electrons. The normalized spacial score (nSPS) is 14.4. The van der Waals surface area contributed by atoms with E-state index in [9.17, 15) is 4.79 Å². The molecule has 0 unspecified atom stereocenters. The Balaban J connectivity index is 1.68. The molecule has 2 aromatic heterocycles. The summed E-state index contributed by atoms with van der Waals surface area (Å²) >= 11 is 3.45. The van der Waals surface area contributed by atoms with Crippen molar-refractivity contribution in [2.45, 2.75) is 32.9 Å². The first-order valence-electron chi connectivity index (χ1n) is 7.68. The molecule has 1 aliphatic heterocycles. The molecule has 0 saturated heterocycles. The van der Waals surface area contributed by atoms with E-state index in [1.807, 2.05) is 11.1 Å². The summed E-state index contributed by atoms with van der Waals surface area (Å²) in [6.45, 7) is 5.50. The number of hydrogen-bond acceptors (Lipinski definition) is 3. The number of hydrogen-bond donors (Lipinski definition) is 0. The monoisotopic (exact) mass is 365 g/mol. The Kier molecular flexibility index (Phi) is 4.78. The molecular formula is C16H20BrN3O2. The Morgan fingerprint density at radius 1 is 1.36 bits per heavy atom. The molecule has 22 heavy (non-hydrogen) atoms. The van der Waals surface area contributed by atoms with E-state index in [4.69, 9.17) is 4.74 Å². The van der Waals surface area contributed by atoms with E-state index in [1.54, 1.807) is 0 Å². The van der Waals surface area contributed by atoms with E-state index in [-0.39, 0.29) is 5.91 Å². The van der Waals surface area contributed by atoms with E-state index in [1.165, 1.54) is 0 Å². The Hall–Kier alpha value is -1.40. The minimum atomic E-state index is 0.168. The van der Waals surface area contributed by atoms with E-state index >= 15 is 0 Å². The van der Waals surface area contributed by atoms with E-state index in [2.05, 4.69) is 44.5 Å². The van der Waals surface area contributed by atoms with Crippen LogP contribution in [0.1, 0.15) is 25.5 Å². The third-order valence-electron chi connectivity index (χ3n) is 3.89. The lowest BCUT2D eigenvalue weighted by Crippen LogP contribution is -2.38. The fourth-order valence-corrected chi connectivity index (χ4v) is 3.17. The van der Waals surface area contributed by atoms with Gasteiger partial charge in [-0.15, -0.1) is 0 Å². The Morgan fingerprint density at radius 3 is 3.05 bits per heavy atom. The highest BCUT2D eigenvalue weighted by atomic mass is 79.9. The van der Waals surface area contributed by atoms with Crippen molar-refractivity contribution >= 4 is 32.9 Å². The Labute approximate surface area is 138 Å². The fraction of sp³-hybridized carbons (Fsp3) is 0.500. The zero-order valence-corrected chi connectivity index (χ0v) is 14.3. The average molecular weight is 366 g/mol. The second-order valence-corrected chi connectivity index (χ2v) is 6.45. The largest absolute Gasteiger partial charge is 0.381 e. The van der Waals surface area contributed by atoms with Crippen molar-refractivity contribution in [2.24, 2.45) is 0 Å². The fourth-order valence-electron chi connectivity index (χ4n) is 2.83. The SMILES string of the molecule is CCCOCCC(=O)N1CCn2c(cc3cc(Br)cnc32)C1. The van der Waals surface area contributed by atoms with Gasteiger partial charge in [0.1, 0.15) is 5.65 Å². The molecule has 0 aliphatic carbocycles. The van der Waals surface area contributed by atoms with Crippen molar-refractivity contribution in [1.29, 1.82) is 0 Å². The van der Waals surface area contributed by atoms with Gasteiger partial charge in [-0.3, -0.25) is 4.79 Å². The second kappa shape index (κ2) is 6.79. The predicted octanol–water partition coefficient (Wildman–Crippen LogP) is 2.96.